The van der Waals surface area contributed by atoms with E-state index < -0.39 is 6.10 Å². The van der Waals surface area contributed by atoms with Gasteiger partial charge in [-0.25, -0.2) is 0 Å². The Morgan fingerprint density at radius 2 is 2.36 bits per heavy atom. The second kappa shape index (κ2) is 4.81. The third-order valence-corrected chi connectivity index (χ3v) is 1.81. The molecule has 0 aliphatic heterocycles. The topological polar surface area (TPSA) is 62.5 Å². The quantitative estimate of drug-likeness (QED) is 0.759. The zero-order chi connectivity index (χ0) is 10.6. The molecule has 0 fully saturated rings. The van der Waals surface area contributed by atoms with Crippen molar-refractivity contribution < 1.29 is 14.3 Å². The molecule has 0 aliphatic rings. The van der Waals surface area contributed by atoms with Gasteiger partial charge in [0.15, 0.2) is 5.76 Å². The van der Waals surface area contributed by atoms with Crippen molar-refractivity contribution >= 4 is 5.91 Å². The summed E-state index contributed by atoms with van der Waals surface area (Å²) in [7, 11) is 0. The maximum atomic E-state index is 11.4. The normalized spacial score (nSPS) is 12.5. The maximum Gasteiger partial charge on any atom is 0.286 e. The molecule has 0 saturated carbocycles. The van der Waals surface area contributed by atoms with Crippen molar-refractivity contribution in [1.82, 2.24) is 5.32 Å². The lowest BCUT2D eigenvalue weighted by Gasteiger charge is -2.04. The average molecular weight is 197 g/mol. The van der Waals surface area contributed by atoms with Gasteiger partial charge in [0.25, 0.3) is 5.91 Å². The Labute approximate surface area is 82.9 Å². The van der Waals surface area contributed by atoms with Gasteiger partial charge in [0, 0.05) is 6.54 Å². The van der Waals surface area contributed by atoms with E-state index in [-0.39, 0.29) is 5.91 Å². The van der Waals surface area contributed by atoms with E-state index in [9.17, 15) is 4.79 Å². The number of amides is 1. The summed E-state index contributed by atoms with van der Waals surface area (Å²) in [5.41, 5.74) is 0. The minimum absolute atomic E-state index is 0.237. The minimum atomic E-state index is -0.395. The van der Waals surface area contributed by atoms with Crippen LogP contribution in [-0.4, -0.2) is 23.7 Å². The van der Waals surface area contributed by atoms with Gasteiger partial charge in [-0.1, -0.05) is 0 Å². The van der Waals surface area contributed by atoms with Gasteiger partial charge < -0.3 is 14.8 Å². The second-order valence-electron chi connectivity index (χ2n) is 3.30. The number of carbonyl (C=O) groups excluding carboxylic acids is 1. The second-order valence-corrected chi connectivity index (χ2v) is 3.30. The number of aliphatic hydroxyl groups is 1. The fourth-order valence-electron chi connectivity index (χ4n) is 1.04. The lowest BCUT2D eigenvalue weighted by Crippen LogP contribution is -2.26. The van der Waals surface area contributed by atoms with Gasteiger partial charge >= 0.3 is 0 Å². The number of hydrogen-bond acceptors (Lipinski definition) is 3. The highest BCUT2D eigenvalue weighted by molar-refractivity contribution is 5.91. The van der Waals surface area contributed by atoms with Gasteiger partial charge in [0.2, 0.25) is 0 Å². The molecule has 14 heavy (non-hydrogen) atoms. The first-order valence-electron chi connectivity index (χ1n) is 4.62. The summed E-state index contributed by atoms with van der Waals surface area (Å²) in [6.07, 6.45) is 0.152. The van der Waals surface area contributed by atoms with Crippen LogP contribution in [0.25, 0.3) is 0 Å². The summed E-state index contributed by atoms with van der Waals surface area (Å²) in [5, 5.41) is 11.6. The van der Waals surface area contributed by atoms with Crippen LogP contribution in [0.15, 0.2) is 16.5 Å². The minimum Gasteiger partial charge on any atom is -0.456 e. The van der Waals surface area contributed by atoms with Crippen molar-refractivity contribution in [3.05, 3.63) is 23.7 Å². The van der Waals surface area contributed by atoms with Crippen LogP contribution in [0, 0.1) is 6.92 Å². The number of rotatable bonds is 4. The van der Waals surface area contributed by atoms with Crippen molar-refractivity contribution in [2.24, 2.45) is 0 Å². The van der Waals surface area contributed by atoms with E-state index in [4.69, 9.17) is 9.52 Å². The smallest absolute Gasteiger partial charge is 0.286 e. The molecule has 0 saturated heterocycles. The van der Waals surface area contributed by atoms with Crippen molar-refractivity contribution in [2.45, 2.75) is 26.4 Å². The molecular formula is C10H15NO3. The summed E-state index contributed by atoms with van der Waals surface area (Å²) in [4.78, 5) is 11.4. The standard InChI is InChI=1S/C10H15NO3/c1-7(12)5-6-11-10(13)9-4-3-8(2)14-9/h3-4,7,12H,5-6H2,1-2H3,(H,11,13). The monoisotopic (exact) mass is 197 g/mol. The Hall–Kier alpha value is -1.29. The molecule has 0 aromatic carbocycles. The maximum absolute atomic E-state index is 11.4. The van der Waals surface area contributed by atoms with Gasteiger partial charge in [-0.15, -0.1) is 0 Å². The Bertz CT molecular complexity index is 304. The van der Waals surface area contributed by atoms with E-state index in [2.05, 4.69) is 5.32 Å². The van der Waals surface area contributed by atoms with Crippen molar-refractivity contribution in [1.29, 1.82) is 0 Å². The predicted octanol–water partition coefficient (Wildman–Crippen LogP) is 1.09. The largest absolute Gasteiger partial charge is 0.456 e. The van der Waals surface area contributed by atoms with Gasteiger partial charge in [0.05, 0.1) is 6.10 Å². The van der Waals surface area contributed by atoms with E-state index in [1.807, 2.05) is 0 Å². The Morgan fingerprint density at radius 1 is 1.64 bits per heavy atom. The summed E-state index contributed by atoms with van der Waals surface area (Å²) in [6, 6.07) is 3.37. The Kier molecular flexibility index (Phi) is 3.71. The first kappa shape index (κ1) is 10.8. The van der Waals surface area contributed by atoms with E-state index in [0.29, 0.717) is 24.5 Å². The van der Waals surface area contributed by atoms with Crippen molar-refractivity contribution in [3.63, 3.8) is 0 Å². The molecule has 1 rings (SSSR count). The van der Waals surface area contributed by atoms with Crippen LogP contribution >= 0.6 is 0 Å². The predicted molar refractivity (Wildman–Crippen MR) is 52.1 cm³/mol. The summed E-state index contributed by atoms with van der Waals surface area (Å²) in [5.74, 6) is 0.789. The fraction of sp³-hybridized carbons (Fsp3) is 0.500. The van der Waals surface area contributed by atoms with Gasteiger partial charge in [-0.2, -0.15) is 0 Å². The molecule has 78 valence electrons. The Morgan fingerprint density at radius 3 is 2.86 bits per heavy atom. The molecule has 4 nitrogen and oxygen atoms in total. The number of hydrogen-bond donors (Lipinski definition) is 2. The molecule has 0 radical (unpaired) electrons. The SMILES string of the molecule is Cc1ccc(C(=O)NCCC(C)O)o1. The molecule has 2 N–H and O–H groups in total. The number of furan rings is 1. The highest BCUT2D eigenvalue weighted by Gasteiger charge is 2.08. The Balaban J connectivity index is 2.36. The zero-order valence-electron chi connectivity index (χ0n) is 8.41. The van der Waals surface area contributed by atoms with Crippen LogP contribution in [0.2, 0.25) is 0 Å². The van der Waals surface area contributed by atoms with Crippen LogP contribution in [0.5, 0.6) is 0 Å². The van der Waals surface area contributed by atoms with E-state index in [1.54, 1.807) is 26.0 Å². The lowest BCUT2D eigenvalue weighted by molar-refractivity contribution is 0.0916. The lowest BCUT2D eigenvalue weighted by atomic mass is 10.3. The molecule has 4 heteroatoms. The third-order valence-electron chi connectivity index (χ3n) is 1.81. The number of carbonyl (C=O) groups is 1. The van der Waals surface area contributed by atoms with Crippen LogP contribution < -0.4 is 5.32 Å². The highest BCUT2D eigenvalue weighted by atomic mass is 16.3. The molecule has 1 amide bonds. The van der Waals surface area contributed by atoms with Crippen molar-refractivity contribution in [2.75, 3.05) is 6.54 Å². The highest BCUT2D eigenvalue weighted by Crippen LogP contribution is 2.05. The zero-order valence-corrected chi connectivity index (χ0v) is 8.41. The van der Waals surface area contributed by atoms with Crippen LogP contribution in [0.3, 0.4) is 0 Å². The molecule has 0 spiro atoms. The molecule has 1 aromatic heterocycles. The van der Waals surface area contributed by atoms with Crippen LogP contribution in [0.4, 0.5) is 0 Å². The van der Waals surface area contributed by atoms with Crippen LogP contribution in [-0.2, 0) is 0 Å². The molecular weight excluding hydrogens is 182 g/mol. The summed E-state index contributed by atoms with van der Waals surface area (Å²) >= 11 is 0. The van der Waals surface area contributed by atoms with E-state index in [0.717, 1.165) is 0 Å². The molecule has 1 atom stereocenters. The number of aryl methyl sites for hydroxylation is 1. The average Bonchev–Trinajstić information content (AvgIpc) is 2.51. The summed E-state index contributed by atoms with van der Waals surface area (Å²) < 4.78 is 5.13. The first-order valence-corrected chi connectivity index (χ1v) is 4.62. The molecule has 0 bridgehead atoms. The number of aliphatic hydroxyl groups excluding tert-OH is 1. The van der Waals surface area contributed by atoms with E-state index >= 15 is 0 Å². The summed E-state index contributed by atoms with van der Waals surface area (Å²) in [6.45, 7) is 3.92. The van der Waals surface area contributed by atoms with Gasteiger partial charge in [0.1, 0.15) is 5.76 Å². The van der Waals surface area contributed by atoms with E-state index in [1.165, 1.54) is 0 Å². The molecule has 1 aromatic rings. The van der Waals surface area contributed by atoms with Gasteiger partial charge in [-0.3, -0.25) is 4.79 Å². The third kappa shape index (κ3) is 3.22. The fourth-order valence-corrected chi connectivity index (χ4v) is 1.04. The van der Waals surface area contributed by atoms with Crippen molar-refractivity contribution in [3.8, 4) is 0 Å². The van der Waals surface area contributed by atoms with Gasteiger partial charge in [-0.05, 0) is 32.4 Å². The molecule has 0 aliphatic carbocycles. The molecule has 1 heterocycles. The molecule has 1 unspecified atom stereocenters. The first-order chi connectivity index (χ1) is 6.59. The van der Waals surface area contributed by atoms with Crippen LogP contribution in [0.1, 0.15) is 29.7 Å². The number of nitrogens with one attached hydrogen (secondary N) is 1.